The molecule has 0 aliphatic heterocycles. The van der Waals surface area contributed by atoms with Gasteiger partial charge in [0.05, 0.1) is 12.6 Å². The van der Waals surface area contributed by atoms with Crippen molar-refractivity contribution in [2.24, 2.45) is 4.99 Å². The number of benzene rings is 2. The number of nitrogens with one attached hydrogen (secondary N) is 3. The van der Waals surface area contributed by atoms with E-state index in [1.165, 1.54) is 6.07 Å². The maximum absolute atomic E-state index is 13.6. The fourth-order valence-corrected chi connectivity index (χ4v) is 3.14. The summed E-state index contributed by atoms with van der Waals surface area (Å²) in [6, 6.07) is 14.2. The van der Waals surface area contributed by atoms with Crippen molar-refractivity contribution in [3.63, 3.8) is 0 Å². The molecule has 1 atom stereocenters. The molecule has 0 heterocycles. The molecule has 8 heteroatoms. The van der Waals surface area contributed by atoms with Crippen LogP contribution in [0.3, 0.4) is 0 Å². The number of guanidine groups is 1. The highest BCUT2D eigenvalue weighted by atomic mass is 127. The second kappa shape index (κ2) is 14.0. The van der Waals surface area contributed by atoms with Crippen molar-refractivity contribution >= 4 is 35.8 Å². The van der Waals surface area contributed by atoms with E-state index in [4.69, 9.17) is 4.99 Å². The van der Waals surface area contributed by atoms with Gasteiger partial charge in [-0.15, -0.1) is 24.0 Å². The van der Waals surface area contributed by atoms with Crippen molar-refractivity contribution < 1.29 is 9.18 Å². The van der Waals surface area contributed by atoms with Crippen molar-refractivity contribution in [2.45, 2.75) is 19.4 Å². The lowest BCUT2D eigenvalue weighted by atomic mass is 10.1. The minimum atomic E-state index is -0.243. The number of rotatable bonds is 9. The molecular weight excluding hydrogens is 508 g/mol. The summed E-state index contributed by atoms with van der Waals surface area (Å²) in [6.45, 7) is 3.93. The van der Waals surface area contributed by atoms with Gasteiger partial charge < -0.3 is 20.9 Å². The highest BCUT2D eigenvalue weighted by molar-refractivity contribution is 14.0. The fraction of sp³-hybridized carbons (Fsp3) is 0.391. The molecule has 0 aliphatic rings. The van der Waals surface area contributed by atoms with Gasteiger partial charge in [-0.2, -0.15) is 0 Å². The lowest BCUT2D eigenvalue weighted by Crippen LogP contribution is -2.39. The summed E-state index contributed by atoms with van der Waals surface area (Å²) in [7, 11) is 5.55. The third-order valence-corrected chi connectivity index (χ3v) is 4.75. The Hall–Kier alpha value is -2.20. The molecule has 1 amide bonds. The van der Waals surface area contributed by atoms with E-state index in [1.54, 1.807) is 25.2 Å². The molecule has 2 aromatic carbocycles. The van der Waals surface area contributed by atoms with Crippen LogP contribution >= 0.6 is 24.0 Å². The van der Waals surface area contributed by atoms with Gasteiger partial charge in [-0.05, 0) is 62.8 Å². The van der Waals surface area contributed by atoms with Crippen LogP contribution in [0.2, 0.25) is 0 Å². The van der Waals surface area contributed by atoms with Crippen molar-refractivity contribution in [3.8, 4) is 0 Å². The van der Waals surface area contributed by atoms with Crippen LogP contribution < -0.4 is 16.0 Å². The second-order valence-corrected chi connectivity index (χ2v) is 7.21. The standard InChI is InChI=1S/C23H32FN5O.HI/c1-5-26-23(27-13-12-17-8-6-10-19(14-17)22(30)25-2)28-16-21(29(3)4)18-9-7-11-20(24)15-18;/h6-11,14-15,21H,5,12-13,16H2,1-4H3,(H,25,30)(H2,26,27,28);1H. The van der Waals surface area contributed by atoms with Gasteiger partial charge in [0.1, 0.15) is 5.82 Å². The number of likely N-dealkylation sites (N-methyl/N-ethyl adjacent to an activating group) is 1. The van der Waals surface area contributed by atoms with Crippen LogP contribution in [-0.4, -0.2) is 57.5 Å². The van der Waals surface area contributed by atoms with Crippen molar-refractivity contribution in [1.29, 1.82) is 0 Å². The molecule has 2 aromatic rings. The first-order chi connectivity index (χ1) is 14.4. The maximum Gasteiger partial charge on any atom is 0.251 e. The van der Waals surface area contributed by atoms with Crippen LogP contribution in [0, 0.1) is 5.82 Å². The van der Waals surface area contributed by atoms with E-state index in [0.717, 1.165) is 24.1 Å². The Labute approximate surface area is 201 Å². The number of amides is 1. The van der Waals surface area contributed by atoms with E-state index in [9.17, 15) is 9.18 Å². The Morgan fingerprint density at radius 2 is 1.87 bits per heavy atom. The van der Waals surface area contributed by atoms with E-state index in [1.807, 2.05) is 50.2 Å². The van der Waals surface area contributed by atoms with Crippen LogP contribution in [-0.2, 0) is 6.42 Å². The highest BCUT2D eigenvalue weighted by Gasteiger charge is 2.14. The van der Waals surface area contributed by atoms with E-state index < -0.39 is 0 Å². The Balaban J connectivity index is 0.00000480. The first-order valence-electron chi connectivity index (χ1n) is 10.2. The molecule has 6 nitrogen and oxygen atoms in total. The largest absolute Gasteiger partial charge is 0.357 e. The summed E-state index contributed by atoms with van der Waals surface area (Å²) in [4.78, 5) is 18.5. The summed E-state index contributed by atoms with van der Waals surface area (Å²) in [5.74, 6) is 0.377. The number of aliphatic imine (C=N–C) groups is 1. The monoisotopic (exact) mass is 541 g/mol. The van der Waals surface area contributed by atoms with E-state index in [-0.39, 0.29) is 41.7 Å². The molecule has 0 spiro atoms. The molecule has 0 radical (unpaired) electrons. The van der Waals surface area contributed by atoms with Crippen molar-refractivity contribution in [2.75, 3.05) is 40.8 Å². The predicted molar refractivity (Wildman–Crippen MR) is 136 cm³/mol. The average molecular weight is 541 g/mol. The molecule has 0 saturated carbocycles. The number of nitrogens with zero attached hydrogens (tertiary/aromatic N) is 2. The zero-order chi connectivity index (χ0) is 21.9. The number of hydrogen-bond donors (Lipinski definition) is 3. The van der Waals surface area contributed by atoms with E-state index in [2.05, 4.69) is 16.0 Å². The van der Waals surface area contributed by atoms with Crippen LogP contribution in [0.25, 0.3) is 0 Å². The molecule has 0 saturated heterocycles. The lowest BCUT2D eigenvalue weighted by Gasteiger charge is -2.23. The average Bonchev–Trinajstić information content (AvgIpc) is 2.73. The fourth-order valence-electron chi connectivity index (χ4n) is 3.14. The summed E-state index contributed by atoms with van der Waals surface area (Å²) in [5.41, 5.74) is 2.62. The Kier molecular flexibility index (Phi) is 12.1. The highest BCUT2D eigenvalue weighted by Crippen LogP contribution is 2.19. The third-order valence-electron chi connectivity index (χ3n) is 4.75. The van der Waals surface area contributed by atoms with Crippen LogP contribution in [0.5, 0.6) is 0 Å². The summed E-state index contributed by atoms with van der Waals surface area (Å²) >= 11 is 0. The number of carbonyl (C=O) groups is 1. The zero-order valence-electron chi connectivity index (χ0n) is 18.6. The normalized spacial score (nSPS) is 12.1. The minimum absolute atomic E-state index is 0. The third kappa shape index (κ3) is 8.82. The van der Waals surface area contributed by atoms with Crippen LogP contribution in [0.4, 0.5) is 4.39 Å². The Morgan fingerprint density at radius 3 is 2.52 bits per heavy atom. The molecule has 1 unspecified atom stereocenters. The van der Waals surface area contributed by atoms with Gasteiger partial charge in [0.2, 0.25) is 0 Å². The zero-order valence-corrected chi connectivity index (χ0v) is 20.9. The van der Waals surface area contributed by atoms with Gasteiger partial charge in [0.25, 0.3) is 5.91 Å². The second-order valence-electron chi connectivity index (χ2n) is 7.21. The maximum atomic E-state index is 13.6. The van der Waals surface area contributed by atoms with Gasteiger partial charge in [0.15, 0.2) is 5.96 Å². The van der Waals surface area contributed by atoms with Gasteiger partial charge >= 0.3 is 0 Å². The van der Waals surface area contributed by atoms with E-state index in [0.29, 0.717) is 24.6 Å². The quantitative estimate of drug-likeness (QED) is 0.259. The van der Waals surface area contributed by atoms with Gasteiger partial charge in [-0.3, -0.25) is 9.79 Å². The summed E-state index contributed by atoms with van der Waals surface area (Å²) in [5, 5.41) is 9.22. The van der Waals surface area contributed by atoms with Gasteiger partial charge in [-0.1, -0.05) is 24.3 Å². The summed E-state index contributed by atoms with van der Waals surface area (Å²) in [6.07, 6.45) is 0.760. The smallest absolute Gasteiger partial charge is 0.251 e. The lowest BCUT2D eigenvalue weighted by molar-refractivity contribution is 0.0963. The molecule has 0 aliphatic carbocycles. The molecule has 170 valence electrons. The Morgan fingerprint density at radius 1 is 1.13 bits per heavy atom. The Bertz CT molecular complexity index is 859. The molecule has 0 fully saturated rings. The minimum Gasteiger partial charge on any atom is -0.357 e. The molecule has 0 aromatic heterocycles. The van der Waals surface area contributed by atoms with Gasteiger partial charge in [0, 0.05) is 25.7 Å². The van der Waals surface area contributed by atoms with Crippen LogP contribution in [0.1, 0.15) is 34.5 Å². The van der Waals surface area contributed by atoms with Crippen molar-refractivity contribution in [1.82, 2.24) is 20.9 Å². The SMILES string of the molecule is CCNC(=NCC(c1cccc(F)c1)N(C)C)NCCc1cccc(C(=O)NC)c1.I. The topological polar surface area (TPSA) is 68.8 Å². The number of hydrogen-bond acceptors (Lipinski definition) is 3. The first kappa shape index (κ1) is 26.8. The van der Waals surface area contributed by atoms with Crippen LogP contribution in [0.15, 0.2) is 53.5 Å². The molecular formula is C23H33FIN5O. The molecule has 0 bridgehead atoms. The molecule has 2 rings (SSSR count). The molecule has 3 N–H and O–H groups in total. The van der Waals surface area contributed by atoms with Gasteiger partial charge in [-0.25, -0.2) is 4.39 Å². The summed E-state index contributed by atoms with van der Waals surface area (Å²) < 4.78 is 13.6. The number of carbonyl (C=O) groups excluding carboxylic acids is 1. The van der Waals surface area contributed by atoms with Crippen molar-refractivity contribution in [3.05, 3.63) is 71.0 Å². The number of halogens is 2. The first-order valence-corrected chi connectivity index (χ1v) is 10.2. The molecule has 31 heavy (non-hydrogen) atoms. The predicted octanol–water partition coefficient (Wildman–Crippen LogP) is 3.20. The van der Waals surface area contributed by atoms with E-state index >= 15 is 0 Å².